The number of benzene rings is 1. The van der Waals surface area contributed by atoms with Gasteiger partial charge in [-0.2, -0.15) is 0 Å². The maximum absolute atomic E-state index is 11.7. The molecular weight excluding hydrogens is 252 g/mol. The summed E-state index contributed by atoms with van der Waals surface area (Å²) in [6.45, 7) is 8.83. The molecule has 2 rings (SSSR count). The second kappa shape index (κ2) is 5.73. The lowest BCUT2D eigenvalue weighted by Crippen LogP contribution is -2.37. The van der Waals surface area contributed by atoms with Crippen LogP contribution in [0.3, 0.4) is 0 Å². The molecule has 110 valence electrons. The average Bonchev–Trinajstić information content (AvgIpc) is 2.38. The molecule has 1 aromatic rings. The van der Waals surface area contributed by atoms with Crippen LogP contribution in [0.2, 0.25) is 0 Å². The fraction of sp³-hybridized carbons (Fsp3) is 0.562. The Hall–Kier alpha value is -1.71. The molecule has 1 fully saturated rings. The Morgan fingerprint density at radius 3 is 2.55 bits per heavy atom. The molecule has 0 atom stereocenters. The molecule has 0 amide bonds. The molecule has 20 heavy (non-hydrogen) atoms. The Kier molecular flexibility index (Phi) is 4.21. The van der Waals surface area contributed by atoms with Crippen molar-refractivity contribution in [1.82, 2.24) is 0 Å². The number of nitrogens with two attached hydrogens (primary N) is 1. The van der Waals surface area contributed by atoms with E-state index in [0.29, 0.717) is 23.3 Å². The van der Waals surface area contributed by atoms with E-state index in [4.69, 9.17) is 10.5 Å². The van der Waals surface area contributed by atoms with Crippen molar-refractivity contribution in [3.05, 3.63) is 23.8 Å². The number of nitrogen functional groups attached to an aromatic ring is 1. The number of rotatable bonds is 3. The molecule has 0 saturated carbocycles. The van der Waals surface area contributed by atoms with Gasteiger partial charge in [-0.15, -0.1) is 0 Å². The largest absolute Gasteiger partial charge is 0.462 e. The highest BCUT2D eigenvalue weighted by atomic mass is 16.5. The van der Waals surface area contributed by atoms with Crippen LogP contribution in [0, 0.1) is 5.41 Å². The van der Waals surface area contributed by atoms with Crippen molar-refractivity contribution in [1.29, 1.82) is 0 Å². The number of ether oxygens (including phenoxy) is 1. The second-order valence-corrected chi connectivity index (χ2v) is 6.14. The van der Waals surface area contributed by atoms with Crippen molar-refractivity contribution < 1.29 is 9.53 Å². The second-order valence-electron chi connectivity index (χ2n) is 6.14. The summed E-state index contributed by atoms with van der Waals surface area (Å²) in [7, 11) is 0. The van der Waals surface area contributed by atoms with Gasteiger partial charge in [0.25, 0.3) is 0 Å². The van der Waals surface area contributed by atoms with Crippen LogP contribution in [0.1, 0.15) is 44.0 Å². The van der Waals surface area contributed by atoms with E-state index < -0.39 is 0 Å². The lowest BCUT2D eigenvalue weighted by Gasteiger charge is -2.38. The van der Waals surface area contributed by atoms with Gasteiger partial charge in [-0.1, -0.05) is 13.8 Å². The normalized spacial score (nSPS) is 17.9. The zero-order chi connectivity index (χ0) is 14.8. The van der Waals surface area contributed by atoms with Gasteiger partial charge in [0.2, 0.25) is 0 Å². The lowest BCUT2D eigenvalue weighted by molar-refractivity contribution is 0.0527. The van der Waals surface area contributed by atoms with E-state index in [1.807, 2.05) is 12.1 Å². The topological polar surface area (TPSA) is 55.6 Å². The first kappa shape index (κ1) is 14.7. The van der Waals surface area contributed by atoms with Gasteiger partial charge in [0, 0.05) is 24.5 Å². The quantitative estimate of drug-likeness (QED) is 0.681. The standard InChI is InChI=1S/C16H24N2O2/c1-4-20-15(19)13-6-5-12(11-14(13)17)18-9-7-16(2,3)8-10-18/h5-6,11H,4,7-10,17H2,1-3H3. The maximum Gasteiger partial charge on any atom is 0.340 e. The lowest BCUT2D eigenvalue weighted by atomic mass is 9.82. The van der Waals surface area contributed by atoms with Gasteiger partial charge in [-0.25, -0.2) is 4.79 Å². The van der Waals surface area contributed by atoms with Gasteiger partial charge in [0.1, 0.15) is 0 Å². The number of hydrogen-bond acceptors (Lipinski definition) is 4. The van der Waals surface area contributed by atoms with Gasteiger partial charge in [-0.3, -0.25) is 0 Å². The first-order chi connectivity index (χ1) is 9.43. The van der Waals surface area contributed by atoms with Crippen LogP contribution in [0.5, 0.6) is 0 Å². The number of hydrogen-bond donors (Lipinski definition) is 1. The van der Waals surface area contributed by atoms with Gasteiger partial charge >= 0.3 is 5.97 Å². The third-order valence-electron chi connectivity index (χ3n) is 4.01. The van der Waals surface area contributed by atoms with Crippen molar-refractivity contribution in [3.63, 3.8) is 0 Å². The van der Waals surface area contributed by atoms with Crippen molar-refractivity contribution in [3.8, 4) is 0 Å². The Morgan fingerprint density at radius 1 is 1.35 bits per heavy atom. The van der Waals surface area contributed by atoms with Crippen LogP contribution in [0.4, 0.5) is 11.4 Å². The summed E-state index contributed by atoms with van der Waals surface area (Å²) in [6.07, 6.45) is 2.35. The Morgan fingerprint density at radius 2 is 2.00 bits per heavy atom. The summed E-state index contributed by atoms with van der Waals surface area (Å²) in [5.41, 5.74) is 8.44. The fourth-order valence-corrected chi connectivity index (χ4v) is 2.51. The van der Waals surface area contributed by atoms with E-state index in [2.05, 4.69) is 18.7 Å². The number of esters is 1. The SMILES string of the molecule is CCOC(=O)c1ccc(N2CCC(C)(C)CC2)cc1N. The molecule has 0 spiro atoms. The Labute approximate surface area is 120 Å². The highest BCUT2D eigenvalue weighted by molar-refractivity contribution is 5.95. The first-order valence-electron chi connectivity index (χ1n) is 7.24. The summed E-state index contributed by atoms with van der Waals surface area (Å²) in [6, 6.07) is 5.61. The van der Waals surface area contributed by atoms with Gasteiger partial charge in [0.15, 0.2) is 0 Å². The zero-order valence-corrected chi connectivity index (χ0v) is 12.6. The highest BCUT2D eigenvalue weighted by Crippen LogP contribution is 2.33. The summed E-state index contributed by atoms with van der Waals surface area (Å²) in [4.78, 5) is 14.1. The van der Waals surface area contributed by atoms with Crippen LogP contribution < -0.4 is 10.6 Å². The predicted molar refractivity (Wildman–Crippen MR) is 82.0 cm³/mol. The smallest absolute Gasteiger partial charge is 0.340 e. The van der Waals surface area contributed by atoms with E-state index in [1.54, 1.807) is 13.0 Å². The molecule has 0 aromatic heterocycles. The van der Waals surface area contributed by atoms with Crippen molar-refractivity contribution in [2.45, 2.75) is 33.6 Å². The minimum atomic E-state index is -0.351. The number of piperidine rings is 1. The van der Waals surface area contributed by atoms with Gasteiger partial charge in [-0.05, 0) is 43.4 Å². The fourth-order valence-electron chi connectivity index (χ4n) is 2.51. The molecule has 1 aliphatic heterocycles. The number of nitrogens with zero attached hydrogens (tertiary/aromatic N) is 1. The van der Waals surface area contributed by atoms with E-state index in [0.717, 1.165) is 18.8 Å². The third-order valence-corrected chi connectivity index (χ3v) is 4.01. The molecular formula is C16H24N2O2. The molecule has 4 heteroatoms. The summed E-state index contributed by atoms with van der Waals surface area (Å²) in [5.74, 6) is -0.351. The molecule has 1 aromatic carbocycles. The van der Waals surface area contributed by atoms with E-state index >= 15 is 0 Å². The van der Waals surface area contributed by atoms with Crippen LogP contribution in [-0.4, -0.2) is 25.7 Å². The van der Waals surface area contributed by atoms with Crippen molar-refractivity contribution in [2.75, 3.05) is 30.3 Å². The molecule has 2 N–H and O–H groups in total. The van der Waals surface area contributed by atoms with Gasteiger partial charge < -0.3 is 15.4 Å². The maximum atomic E-state index is 11.7. The van der Waals surface area contributed by atoms with Crippen LogP contribution in [-0.2, 0) is 4.74 Å². The van der Waals surface area contributed by atoms with E-state index in [1.165, 1.54) is 12.8 Å². The van der Waals surface area contributed by atoms with E-state index in [9.17, 15) is 4.79 Å². The minimum Gasteiger partial charge on any atom is -0.462 e. The number of carbonyl (C=O) groups is 1. The third kappa shape index (κ3) is 3.24. The molecule has 0 bridgehead atoms. The molecule has 0 unspecified atom stereocenters. The Balaban J connectivity index is 2.11. The van der Waals surface area contributed by atoms with Crippen LogP contribution >= 0.6 is 0 Å². The van der Waals surface area contributed by atoms with Crippen LogP contribution in [0.15, 0.2) is 18.2 Å². The number of carbonyl (C=O) groups excluding carboxylic acids is 1. The minimum absolute atomic E-state index is 0.351. The van der Waals surface area contributed by atoms with Crippen LogP contribution in [0.25, 0.3) is 0 Å². The van der Waals surface area contributed by atoms with E-state index in [-0.39, 0.29) is 5.97 Å². The molecule has 4 nitrogen and oxygen atoms in total. The van der Waals surface area contributed by atoms with Gasteiger partial charge in [0.05, 0.1) is 12.2 Å². The zero-order valence-electron chi connectivity index (χ0n) is 12.6. The molecule has 1 aliphatic rings. The molecule has 1 heterocycles. The highest BCUT2D eigenvalue weighted by Gasteiger charge is 2.25. The van der Waals surface area contributed by atoms with Crippen molar-refractivity contribution >= 4 is 17.3 Å². The Bertz CT molecular complexity index is 487. The number of anilines is 2. The summed E-state index contributed by atoms with van der Waals surface area (Å²) in [5, 5.41) is 0. The predicted octanol–water partition coefficient (Wildman–Crippen LogP) is 3.07. The monoisotopic (exact) mass is 276 g/mol. The average molecular weight is 276 g/mol. The van der Waals surface area contributed by atoms with Crippen molar-refractivity contribution in [2.24, 2.45) is 5.41 Å². The molecule has 1 saturated heterocycles. The first-order valence-corrected chi connectivity index (χ1v) is 7.24. The molecule has 0 aliphatic carbocycles. The summed E-state index contributed by atoms with van der Waals surface area (Å²) >= 11 is 0. The summed E-state index contributed by atoms with van der Waals surface area (Å²) < 4.78 is 4.99. The molecule has 0 radical (unpaired) electrons.